The highest BCUT2D eigenvalue weighted by atomic mass is 16.8. The molecule has 3 aliphatic heterocycles. The van der Waals surface area contributed by atoms with Crippen molar-refractivity contribution in [3.63, 3.8) is 0 Å². The van der Waals surface area contributed by atoms with Gasteiger partial charge in [-0.1, -0.05) is 0 Å². The van der Waals surface area contributed by atoms with Gasteiger partial charge >= 0.3 is 0 Å². The molecule has 17 heteroatoms. The fourth-order valence-corrected chi connectivity index (χ4v) is 5.63. The Morgan fingerprint density at radius 2 is 1.32 bits per heavy atom. The molecule has 40 heavy (non-hydrogen) atoms. The Morgan fingerprint density at radius 3 is 1.98 bits per heavy atom. The first kappa shape index (κ1) is 32.2. The molecule has 4 fully saturated rings. The summed E-state index contributed by atoms with van der Waals surface area (Å²) in [5.74, 6) is -1.01. The van der Waals surface area contributed by atoms with Crippen LogP contribution in [0.3, 0.4) is 0 Å². The van der Waals surface area contributed by atoms with E-state index >= 15 is 0 Å². The first-order valence-electron chi connectivity index (χ1n) is 13.6. The Morgan fingerprint density at radius 1 is 0.675 bits per heavy atom. The standard InChI is InChI=1S/C23H45N5O12/c24-4-7-3-11(31)13(27)22(35-7)38-18-9(26)1-2-10(30)19(18)39-21-8(6-29)17(20(34)40-21)37-23-14(28)16(33)15(32)12(5-25)36-23/h7-23,29-34H,1-6,24-28H2/t7-,8+,9-,10-,11-,12-,13+,14+,15+,16+,17-,18+,19+,20-,21+,22+,23+/m0/s1. The van der Waals surface area contributed by atoms with Crippen LogP contribution in [0.1, 0.15) is 19.3 Å². The van der Waals surface area contributed by atoms with Gasteiger partial charge in [-0.25, -0.2) is 0 Å². The predicted molar refractivity (Wildman–Crippen MR) is 133 cm³/mol. The zero-order valence-corrected chi connectivity index (χ0v) is 22.1. The second kappa shape index (κ2) is 13.7. The van der Waals surface area contributed by atoms with Crippen LogP contribution >= 0.6 is 0 Å². The highest BCUT2D eigenvalue weighted by Gasteiger charge is 2.53. The topological polar surface area (TPSA) is 307 Å². The van der Waals surface area contributed by atoms with Crippen LogP contribution in [-0.4, -0.2) is 149 Å². The van der Waals surface area contributed by atoms with E-state index in [-0.39, 0.29) is 25.9 Å². The van der Waals surface area contributed by atoms with Gasteiger partial charge in [0.05, 0.1) is 42.9 Å². The number of rotatable bonds is 9. The van der Waals surface area contributed by atoms with E-state index in [0.717, 1.165) is 0 Å². The second-order valence-electron chi connectivity index (χ2n) is 10.9. The molecule has 3 heterocycles. The van der Waals surface area contributed by atoms with Crippen molar-refractivity contribution in [2.75, 3.05) is 19.7 Å². The van der Waals surface area contributed by atoms with Crippen LogP contribution in [0.4, 0.5) is 0 Å². The molecule has 0 aromatic rings. The minimum absolute atomic E-state index is 0.132. The third-order valence-electron chi connectivity index (χ3n) is 8.16. The molecule has 3 saturated heterocycles. The van der Waals surface area contributed by atoms with Crippen LogP contribution in [0.15, 0.2) is 0 Å². The Labute approximate surface area is 231 Å². The molecule has 1 saturated carbocycles. The van der Waals surface area contributed by atoms with Crippen LogP contribution in [-0.2, 0) is 28.4 Å². The highest BCUT2D eigenvalue weighted by Crippen LogP contribution is 2.36. The predicted octanol–water partition coefficient (Wildman–Crippen LogP) is -6.60. The molecule has 17 atom stereocenters. The number of nitrogens with two attached hydrogens (primary N) is 5. The summed E-state index contributed by atoms with van der Waals surface area (Å²) >= 11 is 0. The maximum atomic E-state index is 10.8. The second-order valence-corrected chi connectivity index (χ2v) is 10.9. The van der Waals surface area contributed by atoms with Gasteiger partial charge in [0.15, 0.2) is 25.2 Å². The Bertz CT molecular complexity index is 805. The fraction of sp³-hybridized carbons (Fsp3) is 1.00. The third-order valence-corrected chi connectivity index (χ3v) is 8.16. The summed E-state index contributed by atoms with van der Waals surface area (Å²) in [5, 5.41) is 62.4. The molecule has 0 radical (unpaired) electrons. The minimum atomic E-state index is -1.62. The van der Waals surface area contributed by atoms with Gasteiger partial charge < -0.3 is 87.7 Å². The molecule has 0 spiro atoms. The zero-order chi connectivity index (χ0) is 29.3. The van der Waals surface area contributed by atoms with Gasteiger partial charge in [-0.2, -0.15) is 0 Å². The van der Waals surface area contributed by atoms with Gasteiger partial charge in [0.25, 0.3) is 0 Å². The maximum Gasteiger partial charge on any atom is 0.184 e. The van der Waals surface area contributed by atoms with Crippen LogP contribution in [0.2, 0.25) is 0 Å². The van der Waals surface area contributed by atoms with Gasteiger partial charge in [-0.3, -0.25) is 0 Å². The molecule has 0 aromatic carbocycles. The average Bonchev–Trinajstić information content (AvgIpc) is 3.23. The Kier molecular flexibility index (Phi) is 11.1. The number of aliphatic hydroxyl groups excluding tert-OH is 6. The van der Waals surface area contributed by atoms with Crippen molar-refractivity contribution in [3.05, 3.63) is 0 Å². The molecule has 17 nitrogen and oxygen atoms in total. The number of ether oxygens (including phenoxy) is 6. The summed E-state index contributed by atoms with van der Waals surface area (Å²) in [6.45, 7) is -0.587. The van der Waals surface area contributed by atoms with Crippen LogP contribution < -0.4 is 28.7 Å². The molecule has 16 N–H and O–H groups in total. The van der Waals surface area contributed by atoms with Crippen molar-refractivity contribution in [3.8, 4) is 0 Å². The van der Waals surface area contributed by atoms with Gasteiger partial charge in [0.2, 0.25) is 0 Å². The van der Waals surface area contributed by atoms with Crippen LogP contribution in [0.25, 0.3) is 0 Å². The highest BCUT2D eigenvalue weighted by molar-refractivity contribution is 4.97. The number of aliphatic hydroxyl groups is 6. The number of hydrogen-bond acceptors (Lipinski definition) is 17. The molecular formula is C23H45N5O12. The average molecular weight is 584 g/mol. The lowest BCUT2D eigenvalue weighted by atomic mass is 9.87. The number of hydrogen-bond donors (Lipinski definition) is 11. The van der Waals surface area contributed by atoms with Crippen molar-refractivity contribution in [1.29, 1.82) is 0 Å². The van der Waals surface area contributed by atoms with E-state index in [1.165, 1.54) is 0 Å². The minimum Gasteiger partial charge on any atom is -0.396 e. The first-order chi connectivity index (χ1) is 19.0. The van der Waals surface area contributed by atoms with Gasteiger partial charge in [-0.15, -0.1) is 0 Å². The van der Waals surface area contributed by atoms with Crippen molar-refractivity contribution in [1.82, 2.24) is 0 Å². The molecular weight excluding hydrogens is 538 g/mol. The monoisotopic (exact) mass is 583 g/mol. The Balaban J connectivity index is 1.47. The van der Waals surface area contributed by atoms with E-state index in [9.17, 15) is 30.6 Å². The fourth-order valence-electron chi connectivity index (χ4n) is 5.63. The van der Waals surface area contributed by atoms with Crippen molar-refractivity contribution in [2.24, 2.45) is 34.6 Å². The lowest BCUT2D eigenvalue weighted by Crippen LogP contribution is -2.64. The van der Waals surface area contributed by atoms with Crippen LogP contribution in [0.5, 0.6) is 0 Å². The first-order valence-corrected chi connectivity index (χ1v) is 13.6. The SMILES string of the molecule is NC[C@@H]1C[C@H](O)[C@@H](N)[C@@H](O[C@H]2[C@H](O[C@@H]3O[C@H](O)[C@@H](O[C@H]4O[C@@H](CN)[C@@H](O)[C@H](O)[C@H]4N)[C@H]3CO)[C@@H](O)CC[C@@H]2N)O1. The molecule has 0 unspecified atom stereocenters. The summed E-state index contributed by atoms with van der Waals surface area (Å²) < 4.78 is 34.9. The summed E-state index contributed by atoms with van der Waals surface area (Å²) in [4.78, 5) is 0. The van der Waals surface area contributed by atoms with E-state index in [0.29, 0.717) is 6.42 Å². The van der Waals surface area contributed by atoms with Crippen molar-refractivity contribution < 1.29 is 59.1 Å². The molecule has 4 rings (SSSR count). The smallest absolute Gasteiger partial charge is 0.184 e. The van der Waals surface area contributed by atoms with E-state index in [4.69, 9.17) is 57.1 Å². The van der Waals surface area contributed by atoms with Gasteiger partial charge in [0.1, 0.15) is 36.6 Å². The summed E-state index contributed by atoms with van der Waals surface area (Å²) in [7, 11) is 0. The Hall–Kier alpha value is -0.680. The summed E-state index contributed by atoms with van der Waals surface area (Å²) in [6, 6.07) is -2.74. The lowest BCUT2D eigenvalue weighted by Gasteiger charge is -2.45. The van der Waals surface area contributed by atoms with Crippen molar-refractivity contribution >= 4 is 0 Å². The van der Waals surface area contributed by atoms with E-state index < -0.39 is 111 Å². The normalized spacial score (nSPS) is 52.1. The van der Waals surface area contributed by atoms with Crippen molar-refractivity contribution in [2.45, 2.75) is 117 Å². The molecule has 1 aliphatic carbocycles. The molecule has 0 bridgehead atoms. The molecule has 0 aromatic heterocycles. The van der Waals surface area contributed by atoms with Gasteiger partial charge in [0, 0.05) is 25.6 Å². The van der Waals surface area contributed by atoms with Gasteiger partial charge in [-0.05, 0) is 12.8 Å². The lowest BCUT2D eigenvalue weighted by molar-refractivity contribution is -0.297. The molecule has 4 aliphatic rings. The third kappa shape index (κ3) is 6.61. The largest absolute Gasteiger partial charge is 0.396 e. The van der Waals surface area contributed by atoms with E-state index in [2.05, 4.69) is 0 Å². The summed E-state index contributed by atoms with van der Waals surface area (Å²) in [6.07, 6.45) is -14.0. The van der Waals surface area contributed by atoms with Crippen LogP contribution in [0, 0.1) is 5.92 Å². The molecule has 0 amide bonds. The quantitative estimate of drug-likeness (QED) is 0.120. The van der Waals surface area contributed by atoms with E-state index in [1.54, 1.807) is 0 Å². The summed E-state index contributed by atoms with van der Waals surface area (Å²) in [5.41, 5.74) is 29.7. The molecule has 234 valence electrons. The van der Waals surface area contributed by atoms with E-state index in [1.807, 2.05) is 0 Å². The zero-order valence-electron chi connectivity index (χ0n) is 22.1. The maximum absolute atomic E-state index is 10.8.